The number of nitrogens with two attached hydrogens (primary N) is 1. The third-order valence-electron chi connectivity index (χ3n) is 3.08. The number of carbonyl (C=O) groups excluding carboxylic acids is 1. The molecule has 4 nitrogen and oxygen atoms in total. The Morgan fingerprint density at radius 3 is 2.86 bits per heavy atom. The Morgan fingerprint density at radius 1 is 1.38 bits per heavy atom. The van der Waals surface area contributed by atoms with Gasteiger partial charge in [-0.1, -0.05) is 24.0 Å². The number of nitrogens with zero attached hydrogens (tertiary/aromatic N) is 1. The summed E-state index contributed by atoms with van der Waals surface area (Å²) in [6.45, 7) is 2.69. The van der Waals surface area contributed by atoms with Crippen molar-refractivity contribution >= 4 is 5.91 Å². The molecule has 0 unspecified atom stereocenters. The fourth-order valence-electron chi connectivity index (χ4n) is 2.01. The highest BCUT2D eigenvalue weighted by molar-refractivity contribution is 5.92. The van der Waals surface area contributed by atoms with Crippen LogP contribution in [0.5, 0.6) is 0 Å². The van der Waals surface area contributed by atoms with Crippen molar-refractivity contribution in [2.24, 2.45) is 5.73 Å². The molecule has 2 N–H and O–H groups in total. The normalized spacial score (nSPS) is 9.86. The van der Waals surface area contributed by atoms with E-state index in [1.165, 1.54) is 6.26 Å². The summed E-state index contributed by atoms with van der Waals surface area (Å²) in [7, 11) is 1.75. The number of hydrogen-bond acceptors (Lipinski definition) is 3. The number of carbonyl (C=O) groups is 1. The summed E-state index contributed by atoms with van der Waals surface area (Å²) in [6, 6.07) is 9.55. The van der Waals surface area contributed by atoms with Gasteiger partial charge in [0.2, 0.25) is 0 Å². The van der Waals surface area contributed by atoms with Gasteiger partial charge in [-0.3, -0.25) is 4.79 Å². The van der Waals surface area contributed by atoms with Gasteiger partial charge in [-0.05, 0) is 30.7 Å². The van der Waals surface area contributed by atoms with Gasteiger partial charge in [0, 0.05) is 24.7 Å². The minimum absolute atomic E-state index is 0.129. The topological polar surface area (TPSA) is 59.5 Å². The molecule has 0 saturated heterocycles. The van der Waals surface area contributed by atoms with Gasteiger partial charge in [-0.25, -0.2) is 0 Å². The van der Waals surface area contributed by atoms with Crippen LogP contribution >= 0.6 is 0 Å². The second-order valence-electron chi connectivity index (χ2n) is 4.80. The first-order valence-corrected chi connectivity index (χ1v) is 6.69. The molecule has 1 heterocycles. The molecule has 2 aromatic rings. The molecule has 1 aromatic heterocycles. The molecule has 2 rings (SSSR count). The molecule has 4 heteroatoms. The van der Waals surface area contributed by atoms with Crippen LogP contribution in [-0.4, -0.2) is 24.4 Å². The van der Waals surface area contributed by atoms with Gasteiger partial charge in [-0.2, -0.15) is 0 Å². The van der Waals surface area contributed by atoms with Crippen LogP contribution in [-0.2, 0) is 6.54 Å². The molecule has 1 aromatic carbocycles. The molecule has 0 aliphatic rings. The van der Waals surface area contributed by atoms with Gasteiger partial charge in [0.1, 0.15) is 0 Å². The van der Waals surface area contributed by atoms with Crippen LogP contribution in [0.2, 0.25) is 0 Å². The summed E-state index contributed by atoms with van der Waals surface area (Å²) in [5.74, 6) is 6.06. The van der Waals surface area contributed by atoms with Crippen LogP contribution in [0.3, 0.4) is 0 Å². The summed E-state index contributed by atoms with van der Waals surface area (Å²) in [5.41, 5.74) is 8.12. The van der Waals surface area contributed by atoms with Crippen molar-refractivity contribution in [3.05, 3.63) is 59.0 Å². The van der Waals surface area contributed by atoms with Crippen molar-refractivity contribution < 1.29 is 9.21 Å². The van der Waals surface area contributed by atoms with Crippen molar-refractivity contribution in [1.29, 1.82) is 0 Å². The Balaban J connectivity index is 2.11. The van der Waals surface area contributed by atoms with E-state index in [1.807, 2.05) is 31.2 Å². The van der Waals surface area contributed by atoms with E-state index in [4.69, 9.17) is 10.2 Å². The fourth-order valence-corrected chi connectivity index (χ4v) is 2.01. The quantitative estimate of drug-likeness (QED) is 0.878. The van der Waals surface area contributed by atoms with Gasteiger partial charge in [0.05, 0.1) is 12.8 Å². The number of hydrogen-bond donors (Lipinski definition) is 1. The fraction of sp³-hybridized carbons (Fsp3) is 0.235. The molecule has 0 atom stereocenters. The maximum absolute atomic E-state index is 12.3. The predicted molar refractivity (Wildman–Crippen MR) is 81.6 cm³/mol. The van der Waals surface area contributed by atoms with E-state index in [0.717, 1.165) is 16.7 Å². The molecule has 0 bridgehead atoms. The first kappa shape index (κ1) is 14.9. The zero-order chi connectivity index (χ0) is 15.2. The van der Waals surface area contributed by atoms with Gasteiger partial charge in [0.15, 0.2) is 5.76 Å². The summed E-state index contributed by atoms with van der Waals surface area (Å²) < 4.78 is 5.23. The first-order valence-electron chi connectivity index (χ1n) is 6.69. The lowest BCUT2D eigenvalue weighted by Crippen LogP contribution is -2.26. The largest absolute Gasteiger partial charge is 0.459 e. The summed E-state index contributed by atoms with van der Waals surface area (Å²) in [6.07, 6.45) is 1.53. The smallest absolute Gasteiger partial charge is 0.289 e. The van der Waals surface area contributed by atoms with Crippen LogP contribution in [0.4, 0.5) is 0 Å². The minimum atomic E-state index is -0.129. The van der Waals surface area contributed by atoms with E-state index in [1.54, 1.807) is 18.0 Å². The maximum Gasteiger partial charge on any atom is 0.289 e. The Morgan fingerprint density at radius 2 is 2.19 bits per heavy atom. The Kier molecular flexibility index (Phi) is 4.81. The summed E-state index contributed by atoms with van der Waals surface area (Å²) in [4.78, 5) is 13.9. The average molecular weight is 282 g/mol. The van der Waals surface area contributed by atoms with Gasteiger partial charge in [-0.15, -0.1) is 0 Å². The molecule has 0 spiro atoms. The molecular weight excluding hydrogens is 264 g/mol. The molecule has 108 valence electrons. The number of rotatable bonds is 3. The molecule has 0 aliphatic carbocycles. The van der Waals surface area contributed by atoms with Crippen LogP contribution in [0, 0.1) is 18.8 Å². The van der Waals surface area contributed by atoms with E-state index in [-0.39, 0.29) is 5.91 Å². The van der Waals surface area contributed by atoms with Gasteiger partial charge < -0.3 is 15.1 Å². The van der Waals surface area contributed by atoms with Gasteiger partial charge >= 0.3 is 0 Å². The lowest BCUT2D eigenvalue weighted by molar-refractivity contribution is 0.0752. The third kappa shape index (κ3) is 3.74. The number of amides is 1. The summed E-state index contributed by atoms with van der Waals surface area (Å²) in [5, 5.41) is 0. The highest BCUT2D eigenvalue weighted by Crippen LogP contribution is 2.14. The van der Waals surface area contributed by atoms with Gasteiger partial charge in [0.25, 0.3) is 5.91 Å². The molecule has 0 radical (unpaired) electrons. The van der Waals surface area contributed by atoms with Crippen molar-refractivity contribution in [1.82, 2.24) is 4.90 Å². The van der Waals surface area contributed by atoms with E-state index in [9.17, 15) is 4.79 Å². The zero-order valence-electron chi connectivity index (χ0n) is 12.2. The van der Waals surface area contributed by atoms with Crippen LogP contribution < -0.4 is 5.73 Å². The Hall–Kier alpha value is -2.51. The number of furan rings is 1. The van der Waals surface area contributed by atoms with E-state index in [2.05, 4.69) is 11.8 Å². The lowest BCUT2D eigenvalue weighted by atomic mass is 10.1. The molecule has 1 amide bonds. The molecular formula is C17H18N2O2. The lowest BCUT2D eigenvalue weighted by Gasteiger charge is -2.16. The molecule has 0 fully saturated rings. The zero-order valence-corrected chi connectivity index (χ0v) is 12.2. The van der Waals surface area contributed by atoms with E-state index < -0.39 is 0 Å². The standard InChI is InChI=1S/C17H18N2O2/c1-13-8-10-21-16(13)17(20)19(2)12-15-6-3-5-14(11-15)7-4-9-18/h3,5-6,8,10-11H,9,12,18H2,1-2H3. The second kappa shape index (κ2) is 6.78. The van der Waals surface area contributed by atoms with E-state index >= 15 is 0 Å². The van der Waals surface area contributed by atoms with Crippen molar-refractivity contribution in [2.45, 2.75) is 13.5 Å². The minimum Gasteiger partial charge on any atom is -0.459 e. The Bertz CT molecular complexity index is 692. The average Bonchev–Trinajstić information content (AvgIpc) is 2.90. The SMILES string of the molecule is Cc1ccoc1C(=O)N(C)Cc1cccc(C#CCN)c1. The maximum atomic E-state index is 12.3. The van der Waals surface area contributed by atoms with Crippen molar-refractivity contribution in [3.63, 3.8) is 0 Å². The van der Waals surface area contributed by atoms with Crippen LogP contribution in [0.1, 0.15) is 27.2 Å². The number of aryl methyl sites for hydroxylation is 1. The highest BCUT2D eigenvalue weighted by atomic mass is 16.3. The molecule has 0 saturated carbocycles. The molecule has 21 heavy (non-hydrogen) atoms. The van der Waals surface area contributed by atoms with Crippen molar-refractivity contribution in [2.75, 3.05) is 13.6 Å². The second-order valence-corrected chi connectivity index (χ2v) is 4.80. The van der Waals surface area contributed by atoms with Crippen molar-refractivity contribution in [3.8, 4) is 11.8 Å². The monoisotopic (exact) mass is 282 g/mol. The first-order chi connectivity index (χ1) is 10.1. The van der Waals surface area contributed by atoms with Crippen LogP contribution in [0.15, 0.2) is 41.0 Å². The highest BCUT2D eigenvalue weighted by Gasteiger charge is 2.17. The Labute approximate surface area is 124 Å². The summed E-state index contributed by atoms with van der Waals surface area (Å²) >= 11 is 0. The number of benzene rings is 1. The molecule has 0 aliphatic heterocycles. The predicted octanol–water partition coefficient (Wildman–Crippen LogP) is 2.17. The van der Waals surface area contributed by atoms with Crippen LogP contribution in [0.25, 0.3) is 0 Å². The van der Waals surface area contributed by atoms with E-state index in [0.29, 0.717) is 18.8 Å². The third-order valence-corrected chi connectivity index (χ3v) is 3.08.